The lowest BCUT2D eigenvalue weighted by Gasteiger charge is -2.19. The average Bonchev–Trinajstić information content (AvgIpc) is 1.92. The predicted octanol–water partition coefficient (Wildman–Crippen LogP) is 2.36. The molecule has 0 radical (unpaired) electrons. The first-order valence-electron chi connectivity index (χ1n) is 3.91. The largest absolute Gasteiger partial charge is 0.386 e. The van der Waals surface area contributed by atoms with Gasteiger partial charge in [-0.15, -0.1) is 0 Å². The second-order valence-corrected chi connectivity index (χ2v) is 3.50. The van der Waals surface area contributed by atoms with Crippen LogP contribution in [0.2, 0.25) is 0 Å². The van der Waals surface area contributed by atoms with Gasteiger partial charge < -0.3 is 5.11 Å². The van der Waals surface area contributed by atoms with Gasteiger partial charge in [0, 0.05) is 5.56 Å². The van der Waals surface area contributed by atoms with Crippen LogP contribution in [0, 0.1) is 12.7 Å². The highest BCUT2D eigenvalue weighted by atomic mass is 19.1. The molecular weight excluding hydrogens is 155 g/mol. The third-order valence-electron chi connectivity index (χ3n) is 1.85. The number of aliphatic hydroxyl groups is 1. The Balaban J connectivity index is 3.26. The Hall–Kier alpha value is -0.890. The van der Waals surface area contributed by atoms with Crippen LogP contribution in [-0.4, -0.2) is 5.11 Å². The van der Waals surface area contributed by atoms with Crippen molar-refractivity contribution in [2.75, 3.05) is 0 Å². The number of halogens is 1. The first-order valence-corrected chi connectivity index (χ1v) is 3.91. The molecule has 0 bridgehead atoms. The summed E-state index contributed by atoms with van der Waals surface area (Å²) in [6.07, 6.45) is 0. The molecule has 0 saturated carbocycles. The van der Waals surface area contributed by atoms with Crippen molar-refractivity contribution < 1.29 is 9.50 Å². The maximum absolute atomic E-state index is 13.3. The van der Waals surface area contributed by atoms with Gasteiger partial charge in [0.1, 0.15) is 5.82 Å². The molecular formula is C10H13FO. The Kier molecular flexibility index (Phi) is 2.20. The number of aryl methyl sites for hydroxylation is 1. The van der Waals surface area contributed by atoms with Crippen LogP contribution in [0.3, 0.4) is 0 Å². The van der Waals surface area contributed by atoms with Crippen LogP contribution in [0.5, 0.6) is 0 Å². The number of benzene rings is 1. The summed E-state index contributed by atoms with van der Waals surface area (Å²) in [6, 6.07) is 5.03. The van der Waals surface area contributed by atoms with Crippen LogP contribution in [0.4, 0.5) is 4.39 Å². The highest BCUT2D eigenvalue weighted by molar-refractivity contribution is 5.28. The molecule has 0 fully saturated rings. The summed E-state index contributed by atoms with van der Waals surface area (Å²) >= 11 is 0. The quantitative estimate of drug-likeness (QED) is 0.682. The van der Waals surface area contributed by atoms with Gasteiger partial charge in [-0.1, -0.05) is 18.2 Å². The summed E-state index contributed by atoms with van der Waals surface area (Å²) in [5.74, 6) is -0.315. The van der Waals surface area contributed by atoms with Crippen molar-refractivity contribution >= 4 is 0 Å². The Morgan fingerprint density at radius 3 is 2.33 bits per heavy atom. The van der Waals surface area contributed by atoms with Crippen LogP contribution >= 0.6 is 0 Å². The maximum Gasteiger partial charge on any atom is 0.132 e. The monoisotopic (exact) mass is 168 g/mol. The van der Waals surface area contributed by atoms with Crippen molar-refractivity contribution in [3.8, 4) is 0 Å². The summed E-state index contributed by atoms with van der Waals surface area (Å²) in [5, 5.41) is 9.55. The van der Waals surface area contributed by atoms with Gasteiger partial charge in [0.25, 0.3) is 0 Å². The summed E-state index contributed by atoms with van der Waals surface area (Å²) in [5.41, 5.74) is -0.187. The molecule has 1 rings (SSSR count). The standard InChI is InChI=1S/C10H13FO/c1-7-5-4-6-8(9(7)11)10(2,3)12/h4-6,12H,1-3H3. The van der Waals surface area contributed by atoms with Crippen LogP contribution in [-0.2, 0) is 5.60 Å². The molecule has 12 heavy (non-hydrogen) atoms. The van der Waals surface area contributed by atoms with E-state index in [2.05, 4.69) is 0 Å². The predicted molar refractivity (Wildman–Crippen MR) is 46.4 cm³/mol. The van der Waals surface area contributed by atoms with Gasteiger partial charge in [-0.25, -0.2) is 4.39 Å². The second-order valence-electron chi connectivity index (χ2n) is 3.50. The molecule has 66 valence electrons. The van der Waals surface area contributed by atoms with Crippen LogP contribution in [0.15, 0.2) is 18.2 Å². The summed E-state index contributed by atoms with van der Waals surface area (Å²) in [7, 11) is 0. The minimum absolute atomic E-state index is 0.315. The van der Waals surface area contributed by atoms with E-state index >= 15 is 0 Å². The Morgan fingerprint density at radius 1 is 1.33 bits per heavy atom. The van der Waals surface area contributed by atoms with Gasteiger partial charge in [-0.05, 0) is 26.3 Å². The lowest BCUT2D eigenvalue weighted by molar-refractivity contribution is 0.0744. The van der Waals surface area contributed by atoms with Gasteiger partial charge in [0.05, 0.1) is 5.60 Å². The van der Waals surface area contributed by atoms with Crippen molar-refractivity contribution in [2.24, 2.45) is 0 Å². The van der Waals surface area contributed by atoms with Gasteiger partial charge in [-0.2, -0.15) is 0 Å². The van der Waals surface area contributed by atoms with E-state index in [9.17, 15) is 9.50 Å². The molecule has 0 amide bonds. The first-order chi connectivity index (χ1) is 5.43. The van der Waals surface area contributed by atoms with E-state index in [4.69, 9.17) is 0 Å². The van der Waals surface area contributed by atoms with E-state index in [1.807, 2.05) is 0 Å². The topological polar surface area (TPSA) is 20.2 Å². The van der Waals surface area contributed by atoms with E-state index in [1.54, 1.807) is 39.0 Å². The molecule has 0 aliphatic heterocycles. The molecule has 0 unspecified atom stereocenters. The van der Waals surface area contributed by atoms with Crippen molar-refractivity contribution in [2.45, 2.75) is 26.4 Å². The minimum Gasteiger partial charge on any atom is -0.386 e. The smallest absolute Gasteiger partial charge is 0.132 e. The van der Waals surface area contributed by atoms with Crippen LogP contribution < -0.4 is 0 Å². The van der Waals surface area contributed by atoms with E-state index in [0.29, 0.717) is 11.1 Å². The second kappa shape index (κ2) is 2.87. The molecule has 2 heteroatoms. The Labute approximate surface area is 71.9 Å². The van der Waals surface area contributed by atoms with Gasteiger partial charge >= 0.3 is 0 Å². The van der Waals surface area contributed by atoms with Crippen LogP contribution in [0.1, 0.15) is 25.0 Å². The molecule has 0 aliphatic rings. The minimum atomic E-state index is -1.10. The highest BCUT2D eigenvalue weighted by Crippen LogP contribution is 2.23. The zero-order chi connectivity index (χ0) is 9.35. The zero-order valence-electron chi connectivity index (χ0n) is 7.56. The molecule has 1 aromatic carbocycles. The fourth-order valence-electron chi connectivity index (χ4n) is 1.12. The molecule has 1 nitrogen and oxygen atoms in total. The van der Waals surface area contributed by atoms with Crippen LogP contribution in [0.25, 0.3) is 0 Å². The Morgan fingerprint density at radius 2 is 1.92 bits per heavy atom. The van der Waals surface area contributed by atoms with Crippen molar-refractivity contribution in [1.82, 2.24) is 0 Å². The molecule has 0 saturated heterocycles. The van der Waals surface area contributed by atoms with Crippen molar-refractivity contribution in [3.63, 3.8) is 0 Å². The van der Waals surface area contributed by atoms with Gasteiger partial charge in [0.2, 0.25) is 0 Å². The molecule has 0 aliphatic carbocycles. The van der Waals surface area contributed by atoms with E-state index in [1.165, 1.54) is 0 Å². The molecule has 0 aromatic heterocycles. The van der Waals surface area contributed by atoms with Crippen molar-refractivity contribution in [1.29, 1.82) is 0 Å². The molecule has 0 spiro atoms. The Bertz CT molecular complexity index is 286. The summed E-state index contributed by atoms with van der Waals surface area (Å²) in [6.45, 7) is 4.83. The van der Waals surface area contributed by atoms with Gasteiger partial charge in [-0.3, -0.25) is 0 Å². The number of hydrogen-bond donors (Lipinski definition) is 1. The fourth-order valence-corrected chi connectivity index (χ4v) is 1.12. The summed E-state index contributed by atoms with van der Waals surface area (Å²) in [4.78, 5) is 0. The fraction of sp³-hybridized carbons (Fsp3) is 0.400. The summed E-state index contributed by atoms with van der Waals surface area (Å²) < 4.78 is 13.3. The van der Waals surface area contributed by atoms with E-state index < -0.39 is 5.60 Å². The first kappa shape index (κ1) is 9.20. The lowest BCUT2D eigenvalue weighted by Crippen LogP contribution is -2.17. The maximum atomic E-state index is 13.3. The molecule has 1 aromatic rings. The van der Waals surface area contributed by atoms with Gasteiger partial charge in [0.15, 0.2) is 0 Å². The molecule has 0 atom stereocenters. The highest BCUT2D eigenvalue weighted by Gasteiger charge is 2.20. The van der Waals surface area contributed by atoms with Crippen molar-refractivity contribution in [3.05, 3.63) is 35.1 Å². The zero-order valence-corrected chi connectivity index (χ0v) is 7.56. The lowest BCUT2D eigenvalue weighted by atomic mass is 9.96. The third-order valence-corrected chi connectivity index (χ3v) is 1.85. The normalized spacial score (nSPS) is 11.8. The average molecular weight is 168 g/mol. The number of hydrogen-bond acceptors (Lipinski definition) is 1. The molecule has 1 N–H and O–H groups in total. The SMILES string of the molecule is Cc1cccc(C(C)(C)O)c1F. The van der Waals surface area contributed by atoms with E-state index in [-0.39, 0.29) is 5.82 Å². The third kappa shape index (κ3) is 1.64. The molecule has 0 heterocycles. The van der Waals surface area contributed by atoms with E-state index in [0.717, 1.165) is 0 Å². The number of rotatable bonds is 1.